The number of nitrogens with zero attached hydrogens (tertiary/aromatic N) is 1. The molecule has 3 nitrogen and oxygen atoms in total. The van der Waals surface area contributed by atoms with Crippen LogP contribution in [0.2, 0.25) is 5.02 Å². The molecule has 0 saturated carbocycles. The Hall–Kier alpha value is -3.82. The van der Waals surface area contributed by atoms with E-state index in [2.05, 4.69) is 97.2 Å². The zero-order valence-corrected chi connectivity index (χ0v) is 21.5. The summed E-state index contributed by atoms with van der Waals surface area (Å²) in [5.41, 5.74) is 8.04. The molecule has 4 aromatic carbocycles. The molecule has 2 aliphatic rings. The average Bonchev–Trinajstić information content (AvgIpc) is 3.43. The number of para-hydroxylation sites is 1. The van der Waals surface area contributed by atoms with Crippen molar-refractivity contribution in [3.63, 3.8) is 0 Å². The van der Waals surface area contributed by atoms with Crippen LogP contribution in [-0.2, 0) is 6.61 Å². The number of halogens is 1. The lowest BCUT2D eigenvalue weighted by Crippen LogP contribution is -2.28. The predicted molar refractivity (Wildman–Crippen MR) is 153 cm³/mol. The molecule has 4 aromatic rings. The third-order valence-corrected chi connectivity index (χ3v) is 7.60. The van der Waals surface area contributed by atoms with Gasteiger partial charge in [0.2, 0.25) is 0 Å². The Balaban J connectivity index is 1.18. The van der Waals surface area contributed by atoms with Gasteiger partial charge in [0.15, 0.2) is 0 Å². The molecular formula is C33H29ClN2O. The normalized spacial score (nSPS) is 19.9. The van der Waals surface area contributed by atoms with E-state index >= 15 is 0 Å². The number of hydrogen-bond acceptors (Lipinski definition) is 3. The monoisotopic (exact) mass is 504 g/mol. The van der Waals surface area contributed by atoms with E-state index in [1.165, 1.54) is 22.4 Å². The molecule has 0 fully saturated rings. The summed E-state index contributed by atoms with van der Waals surface area (Å²) in [7, 11) is 0. The van der Waals surface area contributed by atoms with Gasteiger partial charge in [-0.3, -0.25) is 4.99 Å². The lowest BCUT2D eigenvalue weighted by Gasteiger charge is -2.37. The van der Waals surface area contributed by atoms with Crippen molar-refractivity contribution in [2.24, 2.45) is 10.9 Å². The Morgan fingerprint density at radius 2 is 1.78 bits per heavy atom. The fraction of sp³-hybridized carbons (Fsp3) is 0.182. The highest BCUT2D eigenvalue weighted by molar-refractivity contribution is 6.30. The topological polar surface area (TPSA) is 33.6 Å². The Morgan fingerprint density at radius 1 is 0.973 bits per heavy atom. The van der Waals surface area contributed by atoms with E-state index in [-0.39, 0.29) is 6.04 Å². The first kappa shape index (κ1) is 23.6. The Kier molecular flexibility index (Phi) is 6.55. The summed E-state index contributed by atoms with van der Waals surface area (Å²) in [5.74, 6) is 1.76. The highest BCUT2D eigenvalue weighted by Crippen LogP contribution is 2.49. The van der Waals surface area contributed by atoms with Crippen LogP contribution in [0.3, 0.4) is 0 Å². The molecule has 0 unspecified atom stereocenters. The van der Waals surface area contributed by atoms with Gasteiger partial charge in [-0.1, -0.05) is 83.9 Å². The smallest absolute Gasteiger partial charge is 0.128 e. The molecule has 4 heteroatoms. The van der Waals surface area contributed by atoms with E-state index in [1.54, 1.807) is 0 Å². The molecule has 0 saturated heterocycles. The molecular weight excluding hydrogens is 476 g/mol. The summed E-state index contributed by atoms with van der Waals surface area (Å²) < 4.78 is 6.11. The minimum atomic E-state index is 0.280. The first-order valence-electron chi connectivity index (χ1n) is 12.8. The van der Waals surface area contributed by atoms with Crippen molar-refractivity contribution in [3.8, 4) is 5.75 Å². The SMILES string of the molecule is Cc1ccc(COc2ccc(Cl)cc2C=Nc2ccc([C@@H]3Nc4ccccc4[C@@H]4C=CC[C@@H]43)cc2)cc1. The number of aryl methyl sites for hydroxylation is 1. The lowest BCUT2D eigenvalue weighted by atomic mass is 9.77. The first-order valence-corrected chi connectivity index (χ1v) is 13.2. The molecule has 0 radical (unpaired) electrons. The average molecular weight is 505 g/mol. The number of anilines is 1. The van der Waals surface area contributed by atoms with Gasteiger partial charge in [-0.25, -0.2) is 0 Å². The van der Waals surface area contributed by atoms with Gasteiger partial charge in [-0.2, -0.15) is 0 Å². The van der Waals surface area contributed by atoms with Gasteiger partial charge in [0, 0.05) is 28.4 Å². The minimum Gasteiger partial charge on any atom is -0.488 e. The van der Waals surface area contributed by atoms with Gasteiger partial charge in [0.25, 0.3) is 0 Å². The summed E-state index contributed by atoms with van der Waals surface area (Å²) in [6.45, 7) is 2.57. The second-order valence-corrected chi connectivity index (χ2v) is 10.3. The van der Waals surface area contributed by atoms with E-state index in [0.29, 0.717) is 23.5 Å². The number of aliphatic imine (C=N–C) groups is 1. The Morgan fingerprint density at radius 3 is 2.62 bits per heavy atom. The molecule has 184 valence electrons. The van der Waals surface area contributed by atoms with Gasteiger partial charge in [0.05, 0.1) is 11.7 Å². The molecule has 1 aliphatic carbocycles. The summed E-state index contributed by atoms with van der Waals surface area (Å²) in [4.78, 5) is 4.74. The van der Waals surface area contributed by atoms with Gasteiger partial charge >= 0.3 is 0 Å². The van der Waals surface area contributed by atoms with E-state index in [0.717, 1.165) is 29.0 Å². The highest BCUT2D eigenvalue weighted by atomic mass is 35.5. The van der Waals surface area contributed by atoms with Crippen molar-refractivity contribution >= 4 is 29.2 Å². The van der Waals surface area contributed by atoms with E-state index in [9.17, 15) is 0 Å². The van der Waals surface area contributed by atoms with Crippen molar-refractivity contribution in [2.45, 2.75) is 31.9 Å². The molecule has 0 bridgehead atoms. The zero-order valence-electron chi connectivity index (χ0n) is 20.8. The molecule has 3 atom stereocenters. The maximum atomic E-state index is 6.29. The van der Waals surface area contributed by atoms with Crippen LogP contribution in [0.25, 0.3) is 0 Å². The summed E-state index contributed by atoms with van der Waals surface area (Å²) >= 11 is 6.29. The Bertz CT molecular complexity index is 1460. The summed E-state index contributed by atoms with van der Waals surface area (Å²) in [6.07, 6.45) is 7.63. The summed E-state index contributed by atoms with van der Waals surface area (Å²) in [5, 5.41) is 4.45. The first-order chi connectivity index (χ1) is 18.1. The van der Waals surface area contributed by atoms with Crippen LogP contribution in [0.5, 0.6) is 5.75 Å². The number of hydrogen-bond donors (Lipinski definition) is 1. The second-order valence-electron chi connectivity index (χ2n) is 9.87. The van der Waals surface area contributed by atoms with Crippen molar-refractivity contribution in [2.75, 3.05) is 5.32 Å². The molecule has 0 amide bonds. The predicted octanol–water partition coefficient (Wildman–Crippen LogP) is 8.80. The second kappa shape index (κ2) is 10.3. The Labute approximate surface area is 223 Å². The van der Waals surface area contributed by atoms with E-state index in [1.807, 2.05) is 24.4 Å². The maximum Gasteiger partial charge on any atom is 0.128 e. The van der Waals surface area contributed by atoms with Crippen molar-refractivity contribution < 1.29 is 4.74 Å². The van der Waals surface area contributed by atoms with Crippen molar-refractivity contribution in [1.29, 1.82) is 0 Å². The minimum absolute atomic E-state index is 0.280. The van der Waals surface area contributed by atoms with Gasteiger partial charge < -0.3 is 10.1 Å². The van der Waals surface area contributed by atoms with Crippen LogP contribution in [0.4, 0.5) is 11.4 Å². The molecule has 0 spiro atoms. The van der Waals surface area contributed by atoms with Crippen LogP contribution in [0, 0.1) is 12.8 Å². The number of allylic oxidation sites excluding steroid dienone is 2. The molecule has 37 heavy (non-hydrogen) atoms. The van der Waals surface area contributed by atoms with Gasteiger partial charge in [0.1, 0.15) is 12.4 Å². The van der Waals surface area contributed by atoms with Crippen molar-refractivity contribution in [1.82, 2.24) is 0 Å². The molecule has 1 heterocycles. The van der Waals surface area contributed by atoms with E-state index in [4.69, 9.17) is 21.3 Å². The third kappa shape index (κ3) is 5.05. The lowest BCUT2D eigenvalue weighted by molar-refractivity contribution is 0.306. The fourth-order valence-electron chi connectivity index (χ4n) is 5.38. The quantitative estimate of drug-likeness (QED) is 0.210. The molecule has 1 N–H and O–H groups in total. The zero-order chi connectivity index (χ0) is 25.2. The molecule has 6 rings (SSSR count). The number of benzene rings is 4. The third-order valence-electron chi connectivity index (χ3n) is 7.36. The van der Waals surface area contributed by atoms with E-state index < -0.39 is 0 Å². The van der Waals surface area contributed by atoms with Crippen LogP contribution >= 0.6 is 11.6 Å². The number of ether oxygens (including phenoxy) is 1. The molecule has 0 aromatic heterocycles. The van der Waals surface area contributed by atoms with Gasteiger partial charge in [-0.05, 0) is 72.4 Å². The van der Waals surface area contributed by atoms with Crippen molar-refractivity contribution in [3.05, 3.63) is 136 Å². The maximum absolute atomic E-state index is 6.29. The number of rotatable bonds is 6. The van der Waals surface area contributed by atoms with Crippen LogP contribution in [-0.4, -0.2) is 6.21 Å². The van der Waals surface area contributed by atoms with Crippen LogP contribution in [0.15, 0.2) is 108 Å². The number of fused-ring (bicyclic) bond motifs is 3. The summed E-state index contributed by atoms with van der Waals surface area (Å²) in [6, 6.07) is 31.5. The van der Waals surface area contributed by atoms with Gasteiger partial charge in [-0.15, -0.1) is 0 Å². The highest BCUT2D eigenvalue weighted by Gasteiger charge is 2.37. The fourth-order valence-corrected chi connectivity index (χ4v) is 5.56. The van der Waals surface area contributed by atoms with Crippen LogP contribution < -0.4 is 10.1 Å². The molecule has 1 aliphatic heterocycles. The number of nitrogens with one attached hydrogen (secondary N) is 1. The standard InChI is InChI=1S/C33H29ClN2O/c1-22-9-11-23(12-10-22)21-37-32-18-15-26(34)19-25(32)20-35-27-16-13-24(14-17-27)33-30-7-4-6-28(30)29-5-2-3-8-31(29)36-33/h2-6,8-20,28,30,33,36H,7,21H2,1H3/t28-,30-,33-/m0/s1. The largest absolute Gasteiger partial charge is 0.488 e. The van der Waals surface area contributed by atoms with Crippen LogP contribution in [0.1, 0.15) is 46.2 Å².